The summed E-state index contributed by atoms with van der Waals surface area (Å²) in [6.07, 6.45) is 1.39. The fourth-order valence-electron chi connectivity index (χ4n) is 1.59. The summed E-state index contributed by atoms with van der Waals surface area (Å²) in [6, 6.07) is 4.40. The fraction of sp³-hybridized carbons (Fsp3) is 0.556. The summed E-state index contributed by atoms with van der Waals surface area (Å²) in [5.41, 5.74) is 0. The van der Waals surface area contributed by atoms with Crippen molar-refractivity contribution in [1.29, 1.82) is 0 Å². The van der Waals surface area contributed by atoms with E-state index in [1.54, 1.807) is 4.88 Å². The highest BCUT2D eigenvalue weighted by Crippen LogP contribution is 2.48. The molecule has 2 heteroatoms. The van der Waals surface area contributed by atoms with Crippen molar-refractivity contribution >= 4 is 11.3 Å². The molecule has 0 bridgehead atoms. The zero-order chi connectivity index (χ0) is 7.68. The standard InChI is InChI=1S/C9H13NS/c1-10-6-7-5-8(7)9-3-2-4-11-9/h2-4,7-8,10H,5-6H2,1H3/t7-,8-/m0/s1. The summed E-state index contributed by atoms with van der Waals surface area (Å²) < 4.78 is 0. The first kappa shape index (κ1) is 7.32. The molecule has 2 atom stereocenters. The Morgan fingerprint density at radius 2 is 2.64 bits per heavy atom. The van der Waals surface area contributed by atoms with E-state index in [9.17, 15) is 0 Å². The summed E-state index contributed by atoms with van der Waals surface area (Å²) >= 11 is 1.90. The molecule has 0 saturated heterocycles. The van der Waals surface area contributed by atoms with E-state index in [2.05, 4.69) is 22.8 Å². The van der Waals surface area contributed by atoms with Crippen LogP contribution in [-0.4, -0.2) is 13.6 Å². The van der Waals surface area contributed by atoms with E-state index in [1.165, 1.54) is 13.0 Å². The summed E-state index contributed by atoms with van der Waals surface area (Å²) in [5, 5.41) is 5.40. The average Bonchev–Trinajstić information content (AvgIpc) is 2.61. The highest BCUT2D eigenvalue weighted by molar-refractivity contribution is 7.10. The molecular formula is C9H13NS. The van der Waals surface area contributed by atoms with Crippen molar-refractivity contribution in [2.45, 2.75) is 12.3 Å². The zero-order valence-electron chi connectivity index (χ0n) is 6.71. The van der Waals surface area contributed by atoms with E-state index in [0.29, 0.717) is 0 Å². The van der Waals surface area contributed by atoms with Gasteiger partial charge in [0.25, 0.3) is 0 Å². The first-order valence-corrected chi connectivity index (χ1v) is 4.98. The molecule has 2 rings (SSSR count). The van der Waals surface area contributed by atoms with Crippen LogP contribution in [0.3, 0.4) is 0 Å². The molecule has 1 aliphatic rings. The van der Waals surface area contributed by atoms with Crippen molar-refractivity contribution < 1.29 is 0 Å². The van der Waals surface area contributed by atoms with Crippen molar-refractivity contribution in [3.63, 3.8) is 0 Å². The van der Waals surface area contributed by atoms with Crippen molar-refractivity contribution in [2.75, 3.05) is 13.6 Å². The molecule has 60 valence electrons. The molecule has 1 N–H and O–H groups in total. The van der Waals surface area contributed by atoms with Gasteiger partial charge in [-0.15, -0.1) is 11.3 Å². The first-order chi connectivity index (χ1) is 5.42. The highest BCUT2D eigenvalue weighted by atomic mass is 32.1. The normalized spacial score (nSPS) is 28.8. The largest absolute Gasteiger partial charge is 0.319 e. The Bertz CT molecular complexity index is 217. The Labute approximate surface area is 71.4 Å². The minimum absolute atomic E-state index is 0.877. The Morgan fingerprint density at radius 3 is 3.27 bits per heavy atom. The molecule has 0 unspecified atom stereocenters. The Morgan fingerprint density at radius 1 is 1.73 bits per heavy atom. The second kappa shape index (κ2) is 2.95. The fourth-order valence-corrected chi connectivity index (χ4v) is 2.52. The molecule has 0 aliphatic heterocycles. The van der Waals surface area contributed by atoms with Crippen LogP contribution in [0.25, 0.3) is 0 Å². The predicted octanol–water partition coefficient (Wildman–Crippen LogP) is 2.07. The Kier molecular flexibility index (Phi) is 1.96. The Balaban J connectivity index is 1.92. The van der Waals surface area contributed by atoms with Crippen molar-refractivity contribution in [3.8, 4) is 0 Å². The van der Waals surface area contributed by atoms with E-state index >= 15 is 0 Å². The molecule has 0 amide bonds. The summed E-state index contributed by atoms with van der Waals surface area (Å²) in [5.74, 6) is 1.79. The lowest BCUT2D eigenvalue weighted by Gasteiger charge is -1.94. The van der Waals surface area contributed by atoms with Gasteiger partial charge in [0.05, 0.1) is 0 Å². The van der Waals surface area contributed by atoms with Gasteiger partial charge >= 0.3 is 0 Å². The van der Waals surface area contributed by atoms with Crippen molar-refractivity contribution in [2.24, 2.45) is 5.92 Å². The number of hydrogen-bond donors (Lipinski definition) is 1. The zero-order valence-corrected chi connectivity index (χ0v) is 7.53. The number of thiophene rings is 1. The van der Waals surface area contributed by atoms with Gasteiger partial charge in [-0.25, -0.2) is 0 Å². The molecule has 1 heterocycles. The van der Waals surface area contributed by atoms with Crippen LogP contribution in [0.1, 0.15) is 17.2 Å². The maximum absolute atomic E-state index is 3.23. The van der Waals surface area contributed by atoms with Crippen LogP contribution in [0.4, 0.5) is 0 Å². The highest BCUT2D eigenvalue weighted by Gasteiger charge is 2.37. The third kappa shape index (κ3) is 1.47. The maximum atomic E-state index is 3.23. The molecule has 1 nitrogen and oxygen atoms in total. The van der Waals surface area contributed by atoms with Crippen LogP contribution in [-0.2, 0) is 0 Å². The lowest BCUT2D eigenvalue weighted by molar-refractivity contribution is 0.700. The van der Waals surface area contributed by atoms with Gasteiger partial charge in [-0.1, -0.05) is 6.07 Å². The number of hydrogen-bond acceptors (Lipinski definition) is 2. The smallest absolute Gasteiger partial charge is 0.00795 e. The number of rotatable bonds is 3. The number of nitrogens with one attached hydrogen (secondary N) is 1. The summed E-state index contributed by atoms with van der Waals surface area (Å²) in [7, 11) is 2.03. The quantitative estimate of drug-likeness (QED) is 0.726. The molecular weight excluding hydrogens is 154 g/mol. The molecule has 11 heavy (non-hydrogen) atoms. The van der Waals surface area contributed by atoms with Gasteiger partial charge in [-0.2, -0.15) is 0 Å². The van der Waals surface area contributed by atoms with Gasteiger partial charge in [-0.05, 0) is 43.3 Å². The molecule has 0 aromatic carbocycles. The van der Waals surface area contributed by atoms with E-state index in [0.717, 1.165) is 11.8 Å². The van der Waals surface area contributed by atoms with Crippen LogP contribution >= 0.6 is 11.3 Å². The van der Waals surface area contributed by atoms with Crippen molar-refractivity contribution in [1.82, 2.24) is 5.32 Å². The van der Waals surface area contributed by atoms with Crippen molar-refractivity contribution in [3.05, 3.63) is 22.4 Å². The predicted molar refractivity (Wildman–Crippen MR) is 49.1 cm³/mol. The molecule has 0 spiro atoms. The van der Waals surface area contributed by atoms with Gasteiger partial charge in [0.1, 0.15) is 0 Å². The van der Waals surface area contributed by atoms with Gasteiger partial charge in [0.2, 0.25) is 0 Å². The second-order valence-corrected chi connectivity index (χ2v) is 4.15. The Hall–Kier alpha value is -0.340. The third-order valence-electron chi connectivity index (χ3n) is 2.30. The monoisotopic (exact) mass is 167 g/mol. The van der Waals surface area contributed by atoms with Crippen LogP contribution in [0.2, 0.25) is 0 Å². The van der Waals surface area contributed by atoms with E-state index in [4.69, 9.17) is 0 Å². The van der Waals surface area contributed by atoms with Crippen LogP contribution < -0.4 is 5.32 Å². The molecule has 1 aromatic heterocycles. The van der Waals surface area contributed by atoms with Gasteiger partial charge in [-0.3, -0.25) is 0 Å². The molecule has 1 aliphatic carbocycles. The van der Waals surface area contributed by atoms with Gasteiger partial charge in [0.15, 0.2) is 0 Å². The van der Waals surface area contributed by atoms with Crippen LogP contribution in [0.15, 0.2) is 17.5 Å². The first-order valence-electron chi connectivity index (χ1n) is 4.10. The lowest BCUT2D eigenvalue weighted by atomic mass is 10.3. The minimum atomic E-state index is 0.877. The average molecular weight is 167 g/mol. The van der Waals surface area contributed by atoms with Gasteiger partial charge in [0, 0.05) is 4.88 Å². The second-order valence-electron chi connectivity index (χ2n) is 3.18. The third-order valence-corrected chi connectivity index (χ3v) is 3.30. The molecule has 1 aromatic rings. The minimum Gasteiger partial charge on any atom is -0.319 e. The maximum Gasteiger partial charge on any atom is 0.00795 e. The lowest BCUT2D eigenvalue weighted by Crippen LogP contribution is -2.09. The molecule has 0 radical (unpaired) electrons. The van der Waals surface area contributed by atoms with Crippen LogP contribution in [0, 0.1) is 5.92 Å². The summed E-state index contributed by atoms with van der Waals surface area (Å²) in [6.45, 7) is 1.18. The summed E-state index contributed by atoms with van der Waals surface area (Å²) in [4.78, 5) is 1.57. The molecule has 1 fully saturated rings. The van der Waals surface area contributed by atoms with E-state index < -0.39 is 0 Å². The van der Waals surface area contributed by atoms with Crippen LogP contribution in [0.5, 0.6) is 0 Å². The van der Waals surface area contributed by atoms with Gasteiger partial charge < -0.3 is 5.32 Å². The van der Waals surface area contributed by atoms with E-state index in [-0.39, 0.29) is 0 Å². The SMILES string of the molecule is CNC[C@@H]1C[C@@H]1c1cccs1. The topological polar surface area (TPSA) is 12.0 Å². The molecule has 1 saturated carbocycles. The van der Waals surface area contributed by atoms with E-state index in [1.807, 2.05) is 18.4 Å².